The molecule has 0 aromatic rings. The molecule has 1 aliphatic rings. The molecular weight excluding hydrogens is 210 g/mol. The van der Waals surface area contributed by atoms with E-state index in [-0.39, 0.29) is 5.54 Å². The summed E-state index contributed by atoms with van der Waals surface area (Å²) in [5.41, 5.74) is 0.177. The van der Waals surface area contributed by atoms with Crippen molar-refractivity contribution in [1.82, 2.24) is 5.32 Å². The molecule has 0 aromatic heterocycles. The maximum Gasteiger partial charge on any atom is 0.0590 e. The predicted octanol–water partition coefficient (Wildman–Crippen LogP) is 2.80. The molecule has 2 atom stereocenters. The molecule has 2 nitrogen and oxygen atoms in total. The van der Waals surface area contributed by atoms with Gasteiger partial charge in [-0.2, -0.15) is 0 Å². The first-order valence-corrected chi connectivity index (χ1v) is 6.64. The normalized spacial score (nSPS) is 31.8. The van der Waals surface area contributed by atoms with E-state index in [0.29, 0.717) is 0 Å². The zero-order valence-electron chi connectivity index (χ0n) is 10.0. The molecule has 0 bridgehead atoms. The zero-order chi connectivity index (χ0) is 11.1. The van der Waals surface area contributed by atoms with Crippen molar-refractivity contribution in [2.45, 2.75) is 45.1 Å². The van der Waals surface area contributed by atoms with E-state index in [0.717, 1.165) is 31.6 Å². The molecule has 0 saturated heterocycles. The van der Waals surface area contributed by atoms with Gasteiger partial charge in [0.25, 0.3) is 0 Å². The number of rotatable bonds is 6. The molecule has 0 amide bonds. The van der Waals surface area contributed by atoms with Crippen LogP contribution in [0.25, 0.3) is 0 Å². The van der Waals surface area contributed by atoms with E-state index < -0.39 is 0 Å². The van der Waals surface area contributed by atoms with Crippen LogP contribution in [0.5, 0.6) is 0 Å². The van der Waals surface area contributed by atoms with Gasteiger partial charge in [-0.1, -0.05) is 19.8 Å². The first kappa shape index (κ1) is 13.3. The standard InChI is InChI=1S/C12H24ClNO/c1-3-15-8-7-14-12(10-13)6-4-5-11(2)9-12/h11,14H,3-10H2,1-2H3. The van der Waals surface area contributed by atoms with Gasteiger partial charge in [0.05, 0.1) is 6.61 Å². The van der Waals surface area contributed by atoms with Crippen LogP contribution in [0, 0.1) is 5.92 Å². The van der Waals surface area contributed by atoms with Gasteiger partial charge >= 0.3 is 0 Å². The number of nitrogens with one attached hydrogen (secondary N) is 1. The smallest absolute Gasteiger partial charge is 0.0590 e. The second kappa shape index (κ2) is 6.72. The van der Waals surface area contributed by atoms with Crippen LogP contribution >= 0.6 is 11.6 Å². The minimum atomic E-state index is 0.177. The second-order valence-corrected chi connectivity index (χ2v) is 5.01. The van der Waals surface area contributed by atoms with E-state index in [9.17, 15) is 0 Å². The van der Waals surface area contributed by atoms with Crippen molar-refractivity contribution in [2.24, 2.45) is 5.92 Å². The Morgan fingerprint density at radius 2 is 2.33 bits per heavy atom. The molecular formula is C12H24ClNO. The second-order valence-electron chi connectivity index (χ2n) is 4.74. The quantitative estimate of drug-likeness (QED) is 0.563. The lowest BCUT2D eigenvalue weighted by Gasteiger charge is -2.39. The number of hydrogen-bond donors (Lipinski definition) is 1. The monoisotopic (exact) mass is 233 g/mol. The number of alkyl halides is 1. The highest BCUT2D eigenvalue weighted by Crippen LogP contribution is 2.32. The topological polar surface area (TPSA) is 21.3 Å². The molecule has 90 valence electrons. The van der Waals surface area contributed by atoms with Crippen LogP contribution < -0.4 is 5.32 Å². The molecule has 15 heavy (non-hydrogen) atoms. The Labute approximate surface area is 98.7 Å². The number of halogens is 1. The van der Waals surface area contributed by atoms with Gasteiger partial charge in [-0.3, -0.25) is 0 Å². The first-order chi connectivity index (χ1) is 7.22. The average molecular weight is 234 g/mol. The predicted molar refractivity (Wildman–Crippen MR) is 65.6 cm³/mol. The highest BCUT2D eigenvalue weighted by Gasteiger charge is 2.33. The molecule has 1 aliphatic carbocycles. The molecule has 2 unspecified atom stereocenters. The fraction of sp³-hybridized carbons (Fsp3) is 1.00. The summed E-state index contributed by atoms with van der Waals surface area (Å²) in [5, 5.41) is 3.59. The molecule has 0 aromatic carbocycles. The van der Waals surface area contributed by atoms with E-state index in [1.807, 2.05) is 6.92 Å². The summed E-state index contributed by atoms with van der Waals surface area (Å²) in [4.78, 5) is 0. The molecule has 1 saturated carbocycles. The van der Waals surface area contributed by atoms with Crippen LogP contribution in [-0.4, -0.2) is 31.2 Å². The van der Waals surface area contributed by atoms with Crippen molar-refractivity contribution in [1.29, 1.82) is 0 Å². The molecule has 0 aliphatic heterocycles. The van der Waals surface area contributed by atoms with Crippen molar-refractivity contribution in [3.8, 4) is 0 Å². The Hall–Kier alpha value is 0.210. The van der Waals surface area contributed by atoms with E-state index >= 15 is 0 Å². The lowest BCUT2D eigenvalue weighted by atomic mass is 9.77. The van der Waals surface area contributed by atoms with Crippen LogP contribution in [0.2, 0.25) is 0 Å². The number of ether oxygens (including phenoxy) is 1. The van der Waals surface area contributed by atoms with Gasteiger partial charge in [0.1, 0.15) is 0 Å². The third kappa shape index (κ3) is 4.29. The fourth-order valence-corrected chi connectivity index (χ4v) is 2.86. The lowest BCUT2D eigenvalue weighted by molar-refractivity contribution is 0.130. The zero-order valence-corrected chi connectivity index (χ0v) is 10.8. The molecule has 0 spiro atoms. The number of hydrogen-bond acceptors (Lipinski definition) is 2. The summed E-state index contributed by atoms with van der Waals surface area (Å²) in [7, 11) is 0. The van der Waals surface area contributed by atoms with E-state index in [1.165, 1.54) is 25.7 Å². The summed E-state index contributed by atoms with van der Waals surface area (Å²) < 4.78 is 5.34. The van der Waals surface area contributed by atoms with Crippen molar-refractivity contribution in [3.63, 3.8) is 0 Å². The average Bonchev–Trinajstić information content (AvgIpc) is 2.25. The van der Waals surface area contributed by atoms with Crippen LogP contribution in [0.4, 0.5) is 0 Å². The van der Waals surface area contributed by atoms with Crippen LogP contribution in [-0.2, 0) is 4.74 Å². The third-order valence-electron chi connectivity index (χ3n) is 3.30. The molecule has 1 rings (SSSR count). The summed E-state index contributed by atoms with van der Waals surface area (Å²) in [6.45, 7) is 6.87. The summed E-state index contributed by atoms with van der Waals surface area (Å²) in [6.07, 6.45) is 5.08. The summed E-state index contributed by atoms with van der Waals surface area (Å²) in [5.74, 6) is 1.53. The Balaban J connectivity index is 2.31. The highest BCUT2D eigenvalue weighted by molar-refractivity contribution is 6.18. The maximum absolute atomic E-state index is 6.11. The van der Waals surface area contributed by atoms with Crippen molar-refractivity contribution >= 4 is 11.6 Å². The first-order valence-electron chi connectivity index (χ1n) is 6.11. The van der Waals surface area contributed by atoms with E-state index in [4.69, 9.17) is 16.3 Å². The highest BCUT2D eigenvalue weighted by atomic mass is 35.5. The van der Waals surface area contributed by atoms with E-state index in [1.54, 1.807) is 0 Å². The minimum absolute atomic E-state index is 0.177. The van der Waals surface area contributed by atoms with Gasteiger partial charge < -0.3 is 10.1 Å². The Morgan fingerprint density at radius 3 is 2.93 bits per heavy atom. The molecule has 1 fully saturated rings. The van der Waals surface area contributed by atoms with Gasteiger partial charge in [-0.15, -0.1) is 11.6 Å². The van der Waals surface area contributed by atoms with Gasteiger partial charge in [0.2, 0.25) is 0 Å². The Bertz CT molecular complexity index is 177. The van der Waals surface area contributed by atoms with Gasteiger partial charge in [-0.25, -0.2) is 0 Å². The summed E-state index contributed by atoms with van der Waals surface area (Å²) >= 11 is 6.11. The Morgan fingerprint density at radius 1 is 1.53 bits per heavy atom. The summed E-state index contributed by atoms with van der Waals surface area (Å²) in [6, 6.07) is 0. The fourth-order valence-electron chi connectivity index (χ4n) is 2.52. The maximum atomic E-state index is 6.11. The van der Waals surface area contributed by atoms with Crippen LogP contribution in [0.15, 0.2) is 0 Å². The van der Waals surface area contributed by atoms with Crippen molar-refractivity contribution < 1.29 is 4.74 Å². The van der Waals surface area contributed by atoms with E-state index in [2.05, 4.69) is 12.2 Å². The Kier molecular flexibility index (Phi) is 5.95. The SMILES string of the molecule is CCOCCNC1(CCl)CCCC(C)C1. The van der Waals surface area contributed by atoms with Gasteiger partial charge in [-0.05, 0) is 25.7 Å². The van der Waals surface area contributed by atoms with Gasteiger partial charge in [0.15, 0.2) is 0 Å². The molecule has 0 heterocycles. The molecule has 3 heteroatoms. The molecule has 1 N–H and O–H groups in total. The van der Waals surface area contributed by atoms with Crippen LogP contribution in [0.1, 0.15) is 39.5 Å². The minimum Gasteiger partial charge on any atom is -0.380 e. The lowest BCUT2D eigenvalue weighted by Crippen LogP contribution is -2.51. The van der Waals surface area contributed by atoms with Gasteiger partial charge in [0, 0.05) is 24.6 Å². The van der Waals surface area contributed by atoms with Crippen LogP contribution in [0.3, 0.4) is 0 Å². The largest absolute Gasteiger partial charge is 0.380 e. The third-order valence-corrected chi connectivity index (χ3v) is 3.81. The van der Waals surface area contributed by atoms with Crippen molar-refractivity contribution in [2.75, 3.05) is 25.6 Å². The molecule has 0 radical (unpaired) electrons. The van der Waals surface area contributed by atoms with Crippen molar-refractivity contribution in [3.05, 3.63) is 0 Å².